The Bertz CT molecular complexity index is 995. The van der Waals surface area contributed by atoms with Crippen LogP contribution in [0.5, 0.6) is 5.75 Å². The van der Waals surface area contributed by atoms with Crippen LogP contribution in [0.4, 0.5) is 5.69 Å². The summed E-state index contributed by atoms with van der Waals surface area (Å²) in [6.07, 6.45) is 2.29. The molecule has 2 saturated heterocycles. The van der Waals surface area contributed by atoms with Crippen molar-refractivity contribution in [1.29, 1.82) is 0 Å². The van der Waals surface area contributed by atoms with Crippen molar-refractivity contribution in [1.82, 2.24) is 15.1 Å². The standard InChI is InChI=1S/C26H33ClN4O3/c1-18(25(33)28-22-11-12-30(17-22)16-19-5-3-2-4-6-19)31-13-9-20(10-14-31)26(34)29-23-15-21(27)7-8-24(23)32/h2-8,15,18,20,22,32H,9-14,16-17H2,1H3,(H,28,33)(H,29,34)/t18-,22+/m1/s1. The Balaban J connectivity index is 1.21. The lowest BCUT2D eigenvalue weighted by atomic mass is 9.94. The predicted octanol–water partition coefficient (Wildman–Crippen LogP) is 3.48. The largest absolute Gasteiger partial charge is 0.506 e. The molecule has 2 aliphatic rings. The molecule has 2 aromatic carbocycles. The van der Waals surface area contributed by atoms with Crippen LogP contribution in [0.1, 0.15) is 31.7 Å². The summed E-state index contributed by atoms with van der Waals surface area (Å²) in [4.78, 5) is 30.1. The van der Waals surface area contributed by atoms with Gasteiger partial charge >= 0.3 is 0 Å². The van der Waals surface area contributed by atoms with Gasteiger partial charge < -0.3 is 15.7 Å². The number of halogens is 1. The SMILES string of the molecule is C[C@H](C(=O)N[C@H]1CCN(Cc2ccccc2)C1)N1CCC(C(=O)Nc2cc(Cl)ccc2O)CC1. The molecule has 2 fully saturated rings. The summed E-state index contributed by atoms with van der Waals surface area (Å²) in [5, 5.41) is 16.4. The molecule has 0 aliphatic carbocycles. The molecule has 2 aliphatic heterocycles. The van der Waals surface area contributed by atoms with Crippen molar-refractivity contribution < 1.29 is 14.7 Å². The molecule has 0 unspecified atom stereocenters. The van der Waals surface area contributed by atoms with Crippen molar-refractivity contribution in [3.8, 4) is 5.75 Å². The van der Waals surface area contributed by atoms with Crippen molar-refractivity contribution in [3.63, 3.8) is 0 Å². The monoisotopic (exact) mass is 484 g/mol. The van der Waals surface area contributed by atoms with Gasteiger partial charge in [0.2, 0.25) is 11.8 Å². The number of hydrogen-bond donors (Lipinski definition) is 3. The van der Waals surface area contributed by atoms with Gasteiger partial charge in [0.1, 0.15) is 5.75 Å². The second-order valence-electron chi connectivity index (χ2n) is 9.35. The maximum Gasteiger partial charge on any atom is 0.237 e. The van der Waals surface area contributed by atoms with E-state index in [1.165, 1.54) is 11.6 Å². The molecule has 182 valence electrons. The van der Waals surface area contributed by atoms with Gasteiger partial charge in [0.25, 0.3) is 0 Å². The number of phenols is 1. The first-order valence-corrected chi connectivity index (χ1v) is 12.4. The van der Waals surface area contributed by atoms with Crippen molar-refractivity contribution in [2.24, 2.45) is 5.92 Å². The minimum absolute atomic E-state index is 0.00488. The first kappa shape index (κ1) is 24.5. The van der Waals surface area contributed by atoms with Gasteiger partial charge in [-0.2, -0.15) is 0 Å². The number of carbonyl (C=O) groups excluding carboxylic acids is 2. The minimum atomic E-state index is -0.232. The molecule has 2 aromatic rings. The summed E-state index contributed by atoms with van der Waals surface area (Å²) >= 11 is 5.97. The molecule has 0 bridgehead atoms. The van der Waals surface area contributed by atoms with E-state index in [9.17, 15) is 14.7 Å². The summed E-state index contributed by atoms with van der Waals surface area (Å²) in [6, 6.07) is 14.9. The first-order chi connectivity index (χ1) is 16.4. The van der Waals surface area contributed by atoms with E-state index >= 15 is 0 Å². The first-order valence-electron chi connectivity index (χ1n) is 12.0. The van der Waals surface area contributed by atoms with Gasteiger partial charge in [-0.3, -0.25) is 19.4 Å². The number of amides is 2. The highest BCUT2D eigenvalue weighted by Gasteiger charge is 2.32. The Morgan fingerprint density at radius 3 is 2.56 bits per heavy atom. The van der Waals surface area contributed by atoms with E-state index in [-0.39, 0.29) is 35.6 Å². The number of likely N-dealkylation sites (tertiary alicyclic amines) is 2. The fourth-order valence-corrected chi connectivity index (χ4v) is 4.99. The summed E-state index contributed by atoms with van der Waals surface area (Å²) in [6.45, 7) is 6.06. The second kappa shape index (κ2) is 11.2. The van der Waals surface area contributed by atoms with Crippen molar-refractivity contribution in [2.75, 3.05) is 31.5 Å². The molecule has 34 heavy (non-hydrogen) atoms. The van der Waals surface area contributed by atoms with E-state index in [2.05, 4.69) is 44.7 Å². The third-order valence-corrected chi connectivity index (χ3v) is 7.15. The molecule has 7 nitrogen and oxygen atoms in total. The molecule has 3 N–H and O–H groups in total. The smallest absolute Gasteiger partial charge is 0.237 e. The average Bonchev–Trinajstić information content (AvgIpc) is 3.28. The van der Waals surface area contributed by atoms with Gasteiger partial charge in [-0.1, -0.05) is 41.9 Å². The quantitative estimate of drug-likeness (QED) is 0.524. The molecule has 4 rings (SSSR count). The number of nitrogens with zero attached hydrogens (tertiary/aromatic N) is 2. The van der Waals surface area contributed by atoms with Gasteiger partial charge in [-0.15, -0.1) is 0 Å². The molecule has 0 saturated carbocycles. The van der Waals surface area contributed by atoms with Crippen LogP contribution >= 0.6 is 11.6 Å². The predicted molar refractivity (Wildman–Crippen MR) is 134 cm³/mol. The van der Waals surface area contributed by atoms with Crippen molar-refractivity contribution in [2.45, 2.75) is 44.8 Å². The maximum absolute atomic E-state index is 12.9. The van der Waals surface area contributed by atoms with E-state index in [0.717, 1.165) is 26.1 Å². The number of hydrogen-bond acceptors (Lipinski definition) is 5. The topological polar surface area (TPSA) is 84.9 Å². The Labute approximate surface area is 206 Å². The number of phenolic OH excluding ortho intramolecular Hbond substituents is 1. The van der Waals surface area contributed by atoms with Crippen LogP contribution in [0.15, 0.2) is 48.5 Å². The molecule has 0 spiro atoms. The summed E-state index contributed by atoms with van der Waals surface area (Å²) in [5.74, 6) is -0.238. The Morgan fingerprint density at radius 1 is 1.09 bits per heavy atom. The zero-order valence-electron chi connectivity index (χ0n) is 19.5. The van der Waals surface area contributed by atoms with Crippen LogP contribution in [0, 0.1) is 5.92 Å². The van der Waals surface area contributed by atoms with E-state index in [1.807, 2.05) is 13.0 Å². The fraction of sp³-hybridized carbons (Fsp3) is 0.462. The number of carbonyl (C=O) groups is 2. The molecule has 2 heterocycles. The Kier molecular flexibility index (Phi) is 8.08. The highest BCUT2D eigenvalue weighted by molar-refractivity contribution is 6.31. The zero-order chi connectivity index (χ0) is 24.1. The van der Waals surface area contributed by atoms with Gasteiger partial charge in [0.05, 0.1) is 11.7 Å². The van der Waals surface area contributed by atoms with Crippen LogP contribution in [-0.2, 0) is 16.1 Å². The van der Waals surface area contributed by atoms with Gasteiger partial charge in [-0.05, 0) is 63.0 Å². The number of aromatic hydroxyl groups is 1. The van der Waals surface area contributed by atoms with Crippen LogP contribution in [0.3, 0.4) is 0 Å². The number of nitrogens with one attached hydrogen (secondary N) is 2. The van der Waals surface area contributed by atoms with Crippen molar-refractivity contribution >= 4 is 29.1 Å². The molecule has 2 amide bonds. The lowest BCUT2D eigenvalue weighted by Crippen LogP contribution is -2.51. The summed E-state index contributed by atoms with van der Waals surface area (Å²) < 4.78 is 0. The second-order valence-corrected chi connectivity index (χ2v) is 9.79. The summed E-state index contributed by atoms with van der Waals surface area (Å²) in [7, 11) is 0. The number of piperidine rings is 1. The van der Waals surface area contributed by atoms with E-state index in [1.54, 1.807) is 12.1 Å². The third-order valence-electron chi connectivity index (χ3n) is 6.91. The molecule has 2 atom stereocenters. The highest BCUT2D eigenvalue weighted by atomic mass is 35.5. The van der Waals surface area contributed by atoms with Gasteiger partial charge in [0, 0.05) is 36.6 Å². The molecular formula is C26H33ClN4O3. The number of benzene rings is 2. The average molecular weight is 485 g/mol. The lowest BCUT2D eigenvalue weighted by Gasteiger charge is -2.35. The maximum atomic E-state index is 12.9. The molecule has 0 aromatic heterocycles. The van der Waals surface area contributed by atoms with Crippen LogP contribution in [0.2, 0.25) is 5.02 Å². The third kappa shape index (κ3) is 6.29. The minimum Gasteiger partial charge on any atom is -0.506 e. The number of rotatable bonds is 7. The van der Waals surface area contributed by atoms with Crippen LogP contribution < -0.4 is 10.6 Å². The van der Waals surface area contributed by atoms with Gasteiger partial charge in [0.15, 0.2) is 0 Å². The molecular weight excluding hydrogens is 452 g/mol. The van der Waals surface area contributed by atoms with Gasteiger partial charge in [-0.25, -0.2) is 0 Å². The van der Waals surface area contributed by atoms with Crippen molar-refractivity contribution in [3.05, 3.63) is 59.1 Å². The van der Waals surface area contributed by atoms with E-state index < -0.39 is 0 Å². The molecule has 8 heteroatoms. The molecule has 0 radical (unpaired) electrons. The van der Waals surface area contributed by atoms with Crippen LogP contribution in [-0.4, -0.2) is 65.0 Å². The van der Waals surface area contributed by atoms with Crippen LogP contribution in [0.25, 0.3) is 0 Å². The highest BCUT2D eigenvalue weighted by Crippen LogP contribution is 2.28. The van der Waals surface area contributed by atoms with E-state index in [4.69, 9.17) is 11.6 Å². The Morgan fingerprint density at radius 2 is 1.82 bits per heavy atom. The fourth-order valence-electron chi connectivity index (χ4n) is 4.82. The summed E-state index contributed by atoms with van der Waals surface area (Å²) in [5.41, 5.74) is 1.62. The normalized spacial score (nSPS) is 20.7. The zero-order valence-corrected chi connectivity index (χ0v) is 20.3. The lowest BCUT2D eigenvalue weighted by molar-refractivity contribution is -0.127. The Hall–Kier alpha value is -2.61. The van der Waals surface area contributed by atoms with E-state index in [0.29, 0.717) is 36.6 Å². The number of anilines is 1.